The second kappa shape index (κ2) is 10.8. The van der Waals surface area contributed by atoms with Gasteiger partial charge >= 0.3 is 12.3 Å². The van der Waals surface area contributed by atoms with Gasteiger partial charge in [0.05, 0.1) is 30.3 Å². The Bertz CT molecular complexity index is 1650. The fourth-order valence-electron chi connectivity index (χ4n) is 6.56. The first-order valence-electron chi connectivity index (χ1n) is 14.7. The quantitative estimate of drug-likeness (QED) is 0.178. The van der Waals surface area contributed by atoms with Crippen molar-refractivity contribution in [3.63, 3.8) is 0 Å². The molecule has 4 aromatic rings. The molecule has 12 heteroatoms. The van der Waals surface area contributed by atoms with Gasteiger partial charge in [-0.05, 0) is 75.6 Å². The maximum Gasteiger partial charge on any atom is 0.573 e. The molecule has 8 rings (SSSR count). The Labute approximate surface area is 250 Å². The van der Waals surface area contributed by atoms with E-state index in [0.29, 0.717) is 34.3 Å². The largest absolute Gasteiger partial charge is 0.573 e. The van der Waals surface area contributed by atoms with Crippen LogP contribution in [0.15, 0.2) is 57.6 Å². The molecule has 2 heterocycles. The number of halogens is 3. The summed E-state index contributed by atoms with van der Waals surface area (Å²) in [6, 6.07) is 12.8. The van der Waals surface area contributed by atoms with Gasteiger partial charge in [-0.2, -0.15) is 4.98 Å². The molecule has 0 spiro atoms. The minimum absolute atomic E-state index is 0.185. The number of rotatable bonds is 9. The fraction of sp³-hybridized carbons (Fsp3) is 0.438. The Morgan fingerprint density at radius 3 is 2.32 bits per heavy atom. The van der Waals surface area contributed by atoms with E-state index in [0.717, 1.165) is 56.9 Å². The molecule has 2 aromatic carbocycles. The molecule has 4 aliphatic rings. The topological polar surface area (TPSA) is 110 Å². The highest BCUT2D eigenvalue weighted by molar-refractivity contribution is 5.89. The smallest absolute Gasteiger partial charge is 0.465 e. The van der Waals surface area contributed by atoms with Crippen molar-refractivity contribution in [3.05, 3.63) is 71.3 Å². The van der Waals surface area contributed by atoms with Crippen molar-refractivity contribution in [2.45, 2.75) is 81.3 Å². The molecule has 4 fully saturated rings. The molecule has 0 N–H and O–H groups in total. The third-order valence-electron chi connectivity index (χ3n) is 9.28. The molecule has 0 aliphatic heterocycles. The van der Waals surface area contributed by atoms with Crippen molar-refractivity contribution in [1.29, 1.82) is 0 Å². The number of nitrogens with zero attached hydrogens (tertiary/aromatic N) is 3. The van der Waals surface area contributed by atoms with Gasteiger partial charge in [0.15, 0.2) is 0 Å². The van der Waals surface area contributed by atoms with Crippen LogP contribution in [0.2, 0.25) is 0 Å². The molecule has 230 valence electrons. The Balaban J connectivity index is 1.06. The highest BCUT2D eigenvalue weighted by atomic mass is 19.4. The minimum Gasteiger partial charge on any atom is -0.465 e. The number of fused-ring (bicyclic) bond motifs is 3. The standard InChI is InChI=1S/C32H30F3N3O6/c1-40-28(39)21-10-8-20(9-11-21)27-36-29(44-38-27)30-12-15-31(16-13-30,17-14-30)41-18-23-25(37-43-26(23)19-6-7-19)22-4-2-3-5-24(22)42-32(33,34)35/h2-5,8-11,19H,6-7,12-18H2,1H3. The number of hydrogen-bond acceptors (Lipinski definition) is 9. The van der Waals surface area contributed by atoms with Gasteiger partial charge in [-0.25, -0.2) is 4.79 Å². The van der Waals surface area contributed by atoms with E-state index in [4.69, 9.17) is 23.5 Å². The second-order valence-corrected chi connectivity index (χ2v) is 11.9. The number of esters is 1. The first-order valence-corrected chi connectivity index (χ1v) is 14.7. The van der Waals surface area contributed by atoms with Crippen LogP contribution in [0.25, 0.3) is 22.6 Å². The van der Waals surface area contributed by atoms with Crippen molar-refractivity contribution >= 4 is 5.97 Å². The molecular weight excluding hydrogens is 579 g/mol. The highest BCUT2D eigenvalue weighted by Gasteiger charge is 2.53. The van der Waals surface area contributed by atoms with Gasteiger partial charge in [-0.1, -0.05) is 34.6 Å². The van der Waals surface area contributed by atoms with Crippen LogP contribution in [0.4, 0.5) is 13.2 Å². The van der Waals surface area contributed by atoms with Gasteiger partial charge in [-0.15, -0.1) is 13.2 Å². The summed E-state index contributed by atoms with van der Waals surface area (Å²) in [5.41, 5.74) is 1.80. The first kappa shape index (κ1) is 28.6. The molecule has 0 atom stereocenters. The molecule has 4 aliphatic carbocycles. The summed E-state index contributed by atoms with van der Waals surface area (Å²) in [6.45, 7) is 0.185. The van der Waals surface area contributed by atoms with Gasteiger partial charge in [-0.3, -0.25) is 0 Å². The summed E-state index contributed by atoms with van der Waals surface area (Å²) in [5, 5.41) is 8.43. The van der Waals surface area contributed by atoms with Gasteiger partial charge in [0.25, 0.3) is 0 Å². The van der Waals surface area contributed by atoms with Gasteiger partial charge in [0.2, 0.25) is 11.7 Å². The number of methoxy groups -OCH3 is 1. The van der Waals surface area contributed by atoms with E-state index in [2.05, 4.69) is 15.1 Å². The van der Waals surface area contributed by atoms with Crippen LogP contribution in [0.5, 0.6) is 5.75 Å². The van der Waals surface area contributed by atoms with Crippen LogP contribution in [-0.4, -0.2) is 40.3 Å². The number of para-hydroxylation sites is 1. The van der Waals surface area contributed by atoms with Crippen LogP contribution in [0, 0.1) is 0 Å². The van der Waals surface area contributed by atoms with Crippen molar-refractivity contribution in [2.24, 2.45) is 0 Å². The lowest BCUT2D eigenvalue weighted by Gasteiger charge is -2.51. The Kier molecular flexibility index (Phi) is 6.99. The molecule has 0 saturated heterocycles. The fourth-order valence-corrected chi connectivity index (χ4v) is 6.56. The maximum atomic E-state index is 13.1. The SMILES string of the molecule is COC(=O)c1ccc(-c2noc(C34CCC(OCc5c(-c6ccccc6OC(F)(F)F)noc5C5CC5)(CC3)CC4)n2)cc1. The molecule has 2 aromatic heterocycles. The zero-order valence-electron chi connectivity index (χ0n) is 24.0. The lowest BCUT2D eigenvalue weighted by Crippen LogP contribution is -2.49. The molecule has 0 unspecified atom stereocenters. The zero-order valence-corrected chi connectivity index (χ0v) is 24.0. The van der Waals surface area contributed by atoms with Crippen molar-refractivity contribution in [2.75, 3.05) is 7.11 Å². The van der Waals surface area contributed by atoms with E-state index >= 15 is 0 Å². The number of hydrogen-bond donors (Lipinski definition) is 0. The average molecular weight is 610 g/mol. The number of alkyl halides is 3. The van der Waals surface area contributed by atoms with Crippen molar-refractivity contribution < 1.29 is 41.2 Å². The summed E-state index contributed by atoms with van der Waals surface area (Å²) in [4.78, 5) is 16.5. The van der Waals surface area contributed by atoms with Gasteiger partial charge < -0.3 is 23.3 Å². The molecule has 0 radical (unpaired) electrons. The predicted molar refractivity (Wildman–Crippen MR) is 149 cm³/mol. The van der Waals surface area contributed by atoms with Crippen molar-refractivity contribution in [3.8, 4) is 28.4 Å². The number of aromatic nitrogens is 3. The van der Waals surface area contributed by atoms with Crippen LogP contribution >= 0.6 is 0 Å². The number of carbonyl (C=O) groups excluding carboxylic acids is 1. The summed E-state index contributed by atoms with van der Waals surface area (Å²) in [6.07, 6.45) is 1.83. The molecular formula is C32H30F3N3O6. The summed E-state index contributed by atoms with van der Waals surface area (Å²) < 4.78 is 66.6. The van der Waals surface area contributed by atoms with E-state index in [1.54, 1.807) is 36.4 Å². The van der Waals surface area contributed by atoms with Crippen LogP contribution in [-0.2, 0) is 21.5 Å². The normalized spacial score (nSPS) is 23.1. The average Bonchev–Trinajstić information content (AvgIpc) is 3.59. The van der Waals surface area contributed by atoms with Gasteiger partial charge in [0.1, 0.15) is 17.2 Å². The van der Waals surface area contributed by atoms with Crippen molar-refractivity contribution in [1.82, 2.24) is 15.3 Å². The molecule has 4 saturated carbocycles. The zero-order chi connectivity index (χ0) is 30.5. The third-order valence-corrected chi connectivity index (χ3v) is 9.28. The lowest BCUT2D eigenvalue weighted by atomic mass is 9.58. The third kappa shape index (κ3) is 5.36. The Hall–Kier alpha value is -4.19. The van der Waals surface area contributed by atoms with E-state index in [1.807, 2.05) is 0 Å². The number of ether oxygens (including phenoxy) is 3. The summed E-state index contributed by atoms with van der Waals surface area (Å²) >= 11 is 0. The monoisotopic (exact) mass is 609 g/mol. The highest BCUT2D eigenvalue weighted by Crippen LogP contribution is 2.55. The minimum atomic E-state index is -4.83. The van der Waals surface area contributed by atoms with E-state index in [9.17, 15) is 18.0 Å². The predicted octanol–water partition coefficient (Wildman–Crippen LogP) is 7.52. The summed E-state index contributed by atoms with van der Waals surface area (Å²) in [7, 11) is 1.34. The Morgan fingerprint density at radius 1 is 0.955 bits per heavy atom. The van der Waals surface area contributed by atoms with Crippen LogP contribution in [0.3, 0.4) is 0 Å². The van der Waals surface area contributed by atoms with E-state index in [-0.39, 0.29) is 34.9 Å². The lowest BCUT2D eigenvalue weighted by molar-refractivity contribution is -0.274. The molecule has 2 bridgehead atoms. The van der Waals surface area contributed by atoms with Crippen LogP contribution < -0.4 is 4.74 Å². The molecule has 44 heavy (non-hydrogen) atoms. The molecule has 9 nitrogen and oxygen atoms in total. The maximum absolute atomic E-state index is 13.1. The number of benzene rings is 2. The molecule has 0 amide bonds. The Morgan fingerprint density at radius 2 is 1.66 bits per heavy atom. The van der Waals surface area contributed by atoms with Crippen LogP contribution in [0.1, 0.15) is 84.9 Å². The van der Waals surface area contributed by atoms with Gasteiger partial charge in [0, 0.05) is 22.6 Å². The van der Waals surface area contributed by atoms with E-state index in [1.165, 1.54) is 19.2 Å². The van der Waals surface area contributed by atoms with E-state index < -0.39 is 12.3 Å². The summed E-state index contributed by atoms with van der Waals surface area (Å²) in [5.74, 6) is 1.20. The second-order valence-electron chi connectivity index (χ2n) is 11.9. The number of carbonyl (C=O) groups is 1. The first-order chi connectivity index (χ1) is 21.2.